The van der Waals surface area contributed by atoms with Crippen LogP contribution in [-0.4, -0.2) is 22.9 Å². The van der Waals surface area contributed by atoms with E-state index in [-0.39, 0.29) is 12.1 Å². The minimum Gasteiger partial charge on any atom is -0.405 e. The van der Waals surface area contributed by atoms with E-state index in [1.54, 1.807) is 6.20 Å². The Balaban J connectivity index is 1.21. The molecular weight excluding hydrogens is 689 g/mol. The van der Waals surface area contributed by atoms with Gasteiger partial charge < -0.3 is 21.7 Å². The quantitative estimate of drug-likeness (QED) is 0.119. The largest absolute Gasteiger partial charge is 0.405 e. The average molecular weight is 731 g/mol. The number of fused-ring (bicyclic) bond motifs is 2. The van der Waals surface area contributed by atoms with E-state index in [0.29, 0.717) is 5.84 Å². The molecule has 0 saturated heterocycles. The minimum absolute atomic E-state index is 0.174. The summed E-state index contributed by atoms with van der Waals surface area (Å²) < 4.78 is 0. The molecule has 0 fully saturated rings. The minimum atomic E-state index is -0.365. The van der Waals surface area contributed by atoms with Gasteiger partial charge in [0.25, 0.3) is 0 Å². The standard InChI is InChI=1S/C48H42N8/c1-2-31(13-18-49)33-5-3-6-34(23-33)41-26-42(45-8-4-7-44(53-45)32-14-19-50-20-15-32)28-43(27-41)48-55-46(37-9-11-39-29-51-21-16-35(39)24-37)54-47(56-48)38-10-12-40-30-52-22-17-36(40)25-38/h2-14,16-28,32,46,51-52H,15,29-30,49H2,1H3,(H,54,55,56)/b18-13-,31-2+. The summed E-state index contributed by atoms with van der Waals surface area (Å²) in [5, 5.41) is 10.3. The van der Waals surface area contributed by atoms with Gasteiger partial charge in [0.2, 0.25) is 0 Å². The smallest absolute Gasteiger partial charge is 0.159 e. The summed E-state index contributed by atoms with van der Waals surface area (Å²) in [6.45, 7) is 3.63. The van der Waals surface area contributed by atoms with Crippen LogP contribution in [0.3, 0.4) is 0 Å². The van der Waals surface area contributed by atoms with E-state index in [1.807, 2.05) is 37.8 Å². The molecule has 2 atom stereocenters. The summed E-state index contributed by atoms with van der Waals surface area (Å²) in [5.74, 6) is 1.60. The van der Waals surface area contributed by atoms with Crippen LogP contribution >= 0.6 is 0 Å². The van der Waals surface area contributed by atoms with E-state index in [9.17, 15) is 0 Å². The predicted octanol–water partition coefficient (Wildman–Crippen LogP) is 9.01. The first-order chi connectivity index (χ1) is 27.6. The van der Waals surface area contributed by atoms with E-state index in [0.717, 1.165) is 81.3 Å². The summed E-state index contributed by atoms with van der Waals surface area (Å²) in [6, 6.07) is 34.6. The SMILES string of the molecule is C/C=C(\C=C/N)c1cccc(-c2cc(C3=NC(c4ccc5c(c4)C=CNC5)NC(c4ccc5c(c4)C=CNC5)=N3)cc(-c3cccc(C4C=CN=CC4)n3)c2)c1. The van der Waals surface area contributed by atoms with E-state index in [1.165, 1.54) is 22.3 Å². The van der Waals surface area contributed by atoms with Crippen LogP contribution < -0.4 is 21.7 Å². The number of hydrogen-bond acceptors (Lipinski definition) is 8. The first kappa shape index (κ1) is 34.7. The van der Waals surface area contributed by atoms with Crippen LogP contribution in [0.15, 0.2) is 155 Å². The van der Waals surface area contributed by atoms with Crippen molar-refractivity contribution in [1.29, 1.82) is 0 Å². The molecule has 1 aromatic heterocycles. The van der Waals surface area contributed by atoms with Crippen LogP contribution in [0.25, 0.3) is 40.1 Å². The molecule has 5 aromatic rings. The van der Waals surface area contributed by atoms with E-state index < -0.39 is 0 Å². The Morgan fingerprint density at radius 3 is 2.36 bits per heavy atom. The summed E-state index contributed by atoms with van der Waals surface area (Å²) in [6.07, 6.45) is 20.2. The monoisotopic (exact) mass is 730 g/mol. The van der Waals surface area contributed by atoms with Crippen LogP contribution in [0.2, 0.25) is 0 Å². The molecule has 4 aliphatic heterocycles. The maximum atomic E-state index is 5.84. The zero-order valence-corrected chi connectivity index (χ0v) is 31.2. The maximum absolute atomic E-state index is 5.84. The van der Waals surface area contributed by atoms with Gasteiger partial charge in [-0.15, -0.1) is 0 Å². The number of amidine groups is 2. The Labute approximate surface area is 327 Å². The number of nitrogens with two attached hydrogens (primary N) is 1. The normalized spacial score (nSPS) is 18.3. The summed E-state index contributed by atoms with van der Waals surface area (Å²) >= 11 is 0. The highest BCUT2D eigenvalue weighted by atomic mass is 15.2. The van der Waals surface area contributed by atoms with Gasteiger partial charge in [-0.2, -0.15) is 0 Å². The topological polar surface area (TPSA) is 112 Å². The second kappa shape index (κ2) is 15.4. The Bertz CT molecular complexity index is 2580. The molecule has 5 N–H and O–H groups in total. The van der Waals surface area contributed by atoms with Crippen LogP contribution in [0, 0.1) is 0 Å². The lowest BCUT2D eigenvalue weighted by Crippen LogP contribution is -2.34. The zero-order chi connectivity index (χ0) is 37.8. The molecule has 56 heavy (non-hydrogen) atoms. The number of benzene rings is 4. The maximum Gasteiger partial charge on any atom is 0.159 e. The number of rotatable bonds is 8. The molecule has 0 aliphatic carbocycles. The van der Waals surface area contributed by atoms with Crippen molar-refractivity contribution < 1.29 is 0 Å². The molecule has 4 aliphatic rings. The molecule has 274 valence electrons. The van der Waals surface area contributed by atoms with Gasteiger partial charge >= 0.3 is 0 Å². The first-order valence-electron chi connectivity index (χ1n) is 19.1. The molecule has 0 bridgehead atoms. The molecule has 2 unspecified atom stereocenters. The van der Waals surface area contributed by atoms with Gasteiger partial charge in [-0.25, -0.2) is 9.98 Å². The van der Waals surface area contributed by atoms with Gasteiger partial charge in [0.1, 0.15) is 12.0 Å². The number of pyridine rings is 1. The van der Waals surface area contributed by atoms with Crippen LogP contribution in [0.5, 0.6) is 0 Å². The van der Waals surface area contributed by atoms with Crippen molar-refractivity contribution >= 4 is 35.6 Å². The van der Waals surface area contributed by atoms with Gasteiger partial charge in [-0.1, -0.05) is 60.7 Å². The second-order valence-electron chi connectivity index (χ2n) is 14.2. The Morgan fingerprint density at radius 1 is 0.768 bits per heavy atom. The Morgan fingerprint density at radius 2 is 1.55 bits per heavy atom. The highest BCUT2D eigenvalue weighted by molar-refractivity contribution is 6.14. The highest BCUT2D eigenvalue weighted by Crippen LogP contribution is 2.33. The molecule has 5 heterocycles. The molecule has 0 saturated carbocycles. The molecule has 4 aromatic carbocycles. The van der Waals surface area contributed by atoms with Gasteiger partial charge in [0, 0.05) is 53.8 Å². The third-order valence-electron chi connectivity index (χ3n) is 10.6. The number of nitrogens with one attached hydrogen (secondary N) is 3. The van der Waals surface area contributed by atoms with Gasteiger partial charge in [0.15, 0.2) is 5.84 Å². The van der Waals surface area contributed by atoms with E-state index in [2.05, 4.69) is 142 Å². The number of allylic oxidation sites excluding steroid dienone is 4. The Hall–Kier alpha value is -7.06. The van der Waals surface area contributed by atoms with Crippen LogP contribution in [0.1, 0.15) is 75.6 Å². The Kier molecular flexibility index (Phi) is 9.51. The van der Waals surface area contributed by atoms with Crippen LogP contribution in [0.4, 0.5) is 0 Å². The lowest BCUT2D eigenvalue weighted by molar-refractivity contribution is 0.673. The van der Waals surface area contributed by atoms with Gasteiger partial charge in [-0.05, 0) is 149 Å². The molecule has 0 radical (unpaired) electrons. The summed E-state index contributed by atoms with van der Waals surface area (Å²) in [5.41, 5.74) is 20.8. The number of nitrogens with zero attached hydrogens (tertiary/aromatic N) is 4. The molecular formula is C48H42N8. The number of aromatic nitrogens is 1. The molecule has 8 heteroatoms. The van der Waals surface area contributed by atoms with Crippen molar-refractivity contribution in [2.45, 2.75) is 38.5 Å². The molecule has 0 amide bonds. The fourth-order valence-electron chi connectivity index (χ4n) is 7.61. The second-order valence-corrected chi connectivity index (χ2v) is 14.2. The zero-order valence-electron chi connectivity index (χ0n) is 31.2. The van der Waals surface area contributed by atoms with Crippen molar-refractivity contribution in [3.63, 3.8) is 0 Å². The fourth-order valence-corrected chi connectivity index (χ4v) is 7.61. The summed E-state index contributed by atoms with van der Waals surface area (Å²) in [4.78, 5) is 20.2. The lowest BCUT2D eigenvalue weighted by atomic mass is 9.94. The van der Waals surface area contributed by atoms with E-state index in [4.69, 9.17) is 20.7 Å². The van der Waals surface area contributed by atoms with Crippen molar-refractivity contribution in [1.82, 2.24) is 20.9 Å². The van der Waals surface area contributed by atoms with Crippen LogP contribution in [-0.2, 0) is 13.1 Å². The summed E-state index contributed by atoms with van der Waals surface area (Å²) in [7, 11) is 0. The lowest BCUT2D eigenvalue weighted by Gasteiger charge is -2.25. The molecule has 0 spiro atoms. The van der Waals surface area contributed by atoms with Gasteiger partial charge in [-0.3, -0.25) is 9.98 Å². The molecule has 9 rings (SSSR count). The third kappa shape index (κ3) is 7.12. The van der Waals surface area contributed by atoms with Gasteiger partial charge in [0.05, 0.1) is 5.69 Å². The fraction of sp³-hybridized carbons (Fsp3) is 0.125. The highest BCUT2D eigenvalue weighted by Gasteiger charge is 2.24. The third-order valence-corrected chi connectivity index (χ3v) is 10.6. The average Bonchev–Trinajstić information content (AvgIpc) is 3.28. The van der Waals surface area contributed by atoms with Crippen molar-refractivity contribution in [2.75, 3.05) is 0 Å². The van der Waals surface area contributed by atoms with E-state index >= 15 is 0 Å². The van der Waals surface area contributed by atoms with Crippen molar-refractivity contribution in [2.24, 2.45) is 20.7 Å². The number of aliphatic imine (C=N–C) groups is 3. The van der Waals surface area contributed by atoms with Crippen molar-refractivity contribution in [3.8, 4) is 22.4 Å². The first-order valence-corrected chi connectivity index (χ1v) is 19.1. The molecule has 8 nitrogen and oxygen atoms in total. The predicted molar refractivity (Wildman–Crippen MR) is 231 cm³/mol. The number of hydrogen-bond donors (Lipinski definition) is 4. The van der Waals surface area contributed by atoms with Crippen molar-refractivity contribution in [3.05, 3.63) is 190 Å².